The second-order valence-electron chi connectivity index (χ2n) is 23.7. The van der Waals surface area contributed by atoms with Gasteiger partial charge in [0.25, 0.3) is 0 Å². The highest BCUT2D eigenvalue weighted by Crippen LogP contribution is 2.45. The lowest BCUT2D eigenvalue weighted by molar-refractivity contribution is -0.161. The van der Waals surface area contributed by atoms with Crippen molar-refractivity contribution in [3.63, 3.8) is 0 Å². The van der Waals surface area contributed by atoms with Crippen molar-refractivity contribution in [3.8, 4) is 0 Å². The Labute approximate surface area is 625 Å². The maximum atomic E-state index is 13.1. The van der Waals surface area contributed by atoms with Gasteiger partial charge in [-0.3, -0.25) is 37.3 Å². The second-order valence-corrected chi connectivity index (χ2v) is 26.6. The molecule has 0 bridgehead atoms. The highest BCUT2D eigenvalue weighted by molar-refractivity contribution is 7.47. The summed E-state index contributed by atoms with van der Waals surface area (Å²) in [5, 5.41) is 10.6. The normalized spacial score (nSPS) is 15.2. The van der Waals surface area contributed by atoms with Crippen LogP contribution in [0.1, 0.15) is 220 Å². The first kappa shape index (κ1) is 97.1. The smallest absolute Gasteiger partial charge is 0.462 e. The quantitative estimate of drug-likeness (QED) is 0.0169. The third kappa shape index (κ3) is 73.4. The molecule has 0 aliphatic rings. The first-order chi connectivity index (χ1) is 50.7. The van der Waals surface area contributed by atoms with Gasteiger partial charge in [0, 0.05) is 19.3 Å². The summed E-state index contributed by atoms with van der Waals surface area (Å²) in [6, 6.07) is 0. The number of rotatable bonds is 67. The first-order valence-electron chi connectivity index (χ1n) is 37.6. The molecule has 104 heavy (non-hydrogen) atoms. The molecule has 0 saturated carbocycles. The average Bonchev–Trinajstić information content (AvgIpc) is 0.937. The molecular formula is C85H128O17P2. The van der Waals surface area contributed by atoms with Gasteiger partial charge in [-0.2, -0.15) is 0 Å². The van der Waals surface area contributed by atoms with Crippen molar-refractivity contribution in [1.29, 1.82) is 0 Å². The van der Waals surface area contributed by atoms with Gasteiger partial charge >= 0.3 is 39.5 Å². The molecule has 19 heteroatoms. The van der Waals surface area contributed by atoms with Crippen molar-refractivity contribution >= 4 is 39.5 Å². The summed E-state index contributed by atoms with van der Waals surface area (Å²) in [5.74, 6) is -2.55. The van der Waals surface area contributed by atoms with Crippen molar-refractivity contribution in [3.05, 3.63) is 231 Å². The van der Waals surface area contributed by atoms with Crippen LogP contribution in [0.25, 0.3) is 0 Å². The summed E-state index contributed by atoms with van der Waals surface area (Å²) in [7, 11) is -10.1. The number of allylic oxidation sites excluding steroid dienone is 37. The van der Waals surface area contributed by atoms with Gasteiger partial charge in [0.2, 0.25) is 0 Å². The second kappa shape index (κ2) is 74.4. The predicted octanol–water partition coefficient (Wildman–Crippen LogP) is 21.9. The molecule has 0 saturated heterocycles. The summed E-state index contributed by atoms with van der Waals surface area (Å²) in [6.07, 6.45) is 95.3. The van der Waals surface area contributed by atoms with E-state index in [1.807, 2.05) is 42.5 Å². The third-order valence-corrected chi connectivity index (χ3v) is 16.0. The van der Waals surface area contributed by atoms with Gasteiger partial charge < -0.3 is 33.8 Å². The number of esters is 4. The summed E-state index contributed by atoms with van der Waals surface area (Å²) < 4.78 is 68.2. The summed E-state index contributed by atoms with van der Waals surface area (Å²) in [4.78, 5) is 72.8. The molecule has 0 spiro atoms. The zero-order valence-electron chi connectivity index (χ0n) is 63.1. The number of hydrogen-bond acceptors (Lipinski definition) is 15. The van der Waals surface area contributed by atoms with Crippen LogP contribution in [0.2, 0.25) is 0 Å². The van der Waals surface area contributed by atoms with E-state index in [2.05, 4.69) is 204 Å². The molecule has 0 aliphatic heterocycles. The van der Waals surface area contributed by atoms with Crippen LogP contribution in [0.4, 0.5) is 0 Å². The van der Waals surface area contributed by atoms with Crippen LogP contribution in [0.5, 0.6) is 0 Å². The maximum Gasteiger partial charge on any atom is 0.472 e. The van der Waals surface area contributed by atoms with Gasteiger partial charge in [-0.25, -0.2) is 9.13 Å². The summed E-state index contributed by atoms with van der Waals surface area (Å²) >= 11 is 0. The van der Waals surface area contributed by atoms with Crippen LogP contribution in [-0.4, -0.2) is 96.7 Å². The molecule has 17 nitrogen and oxygen atoms in total. The minimum atomic E-state index is -5.03. The SMILES string of the molecule is CC/C=C\C/C=C\C/C=C\C/C=C\C/C=C\CCCC(=O)OCC(COP(=O)(O)OCC(O)COP(=O)(O)OCC(COC(=O)CCC/C=C\C/C=C\C/C=C\C/C=C\C/C=C\CC)OC(=O)CCCC/C=C\C/C=C\C/C=C\C/C=C\CC)OC(=O)C/C=C\C/C=C\C/C=C\C/C=C\C/C=C\CC. The molecule has 5 unspecified atom stereocenters. The molecule has 0 aromatic carbocycles. The molecular weight excluding hydrogens is 1350 g/mol. The van der Waals surface area contributed by atoms with E-state index in [0.29, 0.717) is 44.9 Å². The third-order valence-electron chi connectivity index (χ3n) is 14.1. The van der Waals surface area contributed by atoms with Gasteiger partial charge in [0.1, 0.15) is 19.3 Å². The number of carbonyl (C=O) groups is 4. The van der Waals surface area contributed by atoms with E-state index < -0.39 is 97.5 Å². The summed E-state index contributed by atoms with van der Waals surface area (Å²) in [5.41, 5.74) is 0. The Hall–Kier alpha value is -6.88. The van der Waals surface area contributed by atoms with E-state index in [1.165, 1.54) is 0 Å². The van der Waals surface area contributed by atoms with Gasteiger partial charge in [-0.15, -0.1) is 0 Å². The number of unbranched alkanes of at least 4 members (excludes halogenated alkanes) is 4. The maximum absolute atomic E-state index is 13.1. The lowest BCUT2D eigenvalue weighted by Gasteiger charge is -2.21. The Balaban J connectivity index is 5.60. The Morgan fingerprint density at radius 1 is 0.279 bits per heavy atom. The first-order valence-corrected chi connectivity index (χ1v) is 40.6. The minimum Gasteiger partial charge on any atom is -0.462 e. The largest absolute Gasteiger partial charge is 0.472 e. The number of phosphoric acid groups is 2. The Bertz CT molecular complexity index is 2890. The van der Waals surface area contributed by atoms with Gasteiger partial charge in [-0.1, -0.05) is 259 Å². The molecule has 3 N–H and O–H groups in total. The summed E-state index contributed by atoms with van der Waals surface area (Å²) in [6.45, 7) is 4.04. The topological polar surface area (TPSA) is 237 Å². The Kier molecular flexibility index (Phi) is 69.5. The number of ether oxygens (including phenoxy) is 4. The van der Waals surface area contributed by atoms with E-state index in [1.54, 1.807) is 12.2 Å². The lowest BCUT2D eigenvalue weighted by Crippen LogP contribution is -2.30. The molecule has 0 heterocycles. The fourth-order valence-corrected chi connectivity index (χ4v) is 10.2. The molecule has 0 rings (SSSR count). The lowest BCUT2D eigenvalue weighted by atomic mass is 10.2. The molecule has 0 aromatic rings. The molecule has 0 fully saturated rings. The van der Waals surface area contributed by atoms with Crippen LogP contribution in [-0.2, 0) is 65.4 Å². The van der Waals surface area contributed by atoms with Crippen molar-refractivity contribution in [2.45, 2.75) is 239 Å². The van der Waals surface area contributed by atoms with E-state index in [-0.39, 0.29) is 25.7 Å². The molecule has 0 amide bonds. The number of aliphatic hydroxyl groups is 1. The van der Waals surface area contributed by atoms with Crippen LogP contribution < -0.4 is 0 Å². The highest BCUT2D eigenvalue weighted by Gasteiger charge is 2.30. The van der Waals surface area contributed by atoms with Crippen LogP contribution >= 0.6 is 15.6 Å². The van der Waals surface area contributed by atoms with Crippen molar-refractivity contribution in [2.75, 3.05) is 39.6 Å². The van der Waals surface area contributed by atoms with Crippen LogP contribution in [0, 0.1) is 0 Å². The van der Waals surface area contributed by atoms with Gasteiger partial charge in [0.05, 0.1) is 32.8 Å². The van der Waals surface area contributed by atoms with E-state index >= 15 is 0 Å². The zero-order valence-corrected chi connectivity index (χ0v) is 64.9. The molecule has 0 aliphatic carbocycles. The van der Waals surface area contributed by atoms with Gasteiger partial charge in [0.15, 0.2) is 12.2 Å². The van der Waals surface area contributed by atoms with Gasteiger partial charge in [-0.05, 0) is 167 Å². The molecule has 580 valence electrons. The van der Waals surface area contributed by atoms with E-state index in [0.717, 1.165) is 122 Å². The molecule has 5 atom stereocenters. The van der Waals surface area contributed by atoms with Crippen molar-refractivity contribution in [1.82, 2.24) is 0 Å². The average molecular weight is 1480 g/mol. The fourth-order valence-electron chi connectivity index (χ4n) is 8.59. The zero-order chi connectivity index (χ0) is 76.0. The number of aliphatic hydroxyl groups excluding tert-OH is 1. The Morgan fingerprint density at radius 2 is 0.510 bits per heavy atom. The van der Waals surface area contributed by atoms with Crippen LogP contribution in [0.15, 0.2) is 231 Å². The van der Waals surface area contributed by atoms with E-state index in [9.17, 15) is 43.2 Å². The molecule has 0 aromatic heterocycles. The minimum absolute atomic E-state index is 0.0155. The monoisotopic (exact) mass is 1480 g/mol. The fraction of sp³-hybridized carbons (Fsp3) is 0.506. The predicted molar refractivity (Wildman–Crippen MR) is 426 cm³/mol. The number of phosphoric ester groups is 2. The van der Waals surface area contributed by atoms with Crippen molar-refractivity contribution in [2.24, 2.45) is 0 Å². The van der Waals surface area contributed by atoms with E-state index in [4.69, 9.17) is 37.0 Å². The highest BCUT2D eigenvalue weighted by atomic mass is 31.2. The van der Waals surface area contributed by atoms with Crippen LogP contribution in [0.3, 0.4) is 0 Å². The van der Waals surface area contributed by atoms with Crippen molar-refractivity contribution < 1.29 is 80.2 Å². The molecule has 0 radical (unpaired) electrons. The number of carbonyl (C=O) groups excluding carboxylic acids is 4. The Morgan fingerprint density at radius 3 is 0.798 bits per heavy atom. The standard InChI is InChI=1S/C85H128O17P2/c1-5-9-13-17-21-25-29-33-37-39-43-45-49-53-57-61-65-69-82(87)95-75-80(101-84(89)71-67-63-59-55-51-47-41-35-31-27-23-19-15-11-7-3)77-99-103(91,92)97-73-79(86)74-98-104(93,94)100-78-81(102-85(90)72-68-64-60-56-52-48-42-36-32-28-24-20-16-12-8-4)76-96-83(88)70-66-62-58-54-50-46-44-40-38-34-30-26-22-18-14-10-6-2/h9-16,21-28,33-38,41-46,51-58,63,67,79-81,86H,5-8,17-20,29-32,39-40,47-50,59-62,64-66,68-78H2,1-4H3,(H,91,92)(H,93,94)/b13-9-,14-10-,15-11-,16-12-,25-21-,26-22-,27-23-,28-24-,37-33-,38-34-,41-35-,42-36-,45-43-,46-44-,55-51-,56-52-,57-53-,58-54-,67-63-. The number of hydrogen-bond donors (Lipinski definition) is 3.